The van der Waals surface area contributed by atoms with Crippen molar-refractivity contribution < 1.29 is 0 Å². The van der Waals surface area contributed by atoms with E-state index < -0.39 is 0 Å². The van der Waals surface area contributed by atoms with E-state index in [4.69, 9.17) is 0 Å². The summed E-state index contributed by atoms with van der Waals surface area (Å²) in [5.74, 6) is 0.703. The summed E-state index contributed by atoms with van der Waals surface area (Å²) in [7, 11) is 0. The topological polar surface area (TPSA) is 0 Å². The Labute approximate surface area is 195 Å². The molecule has 0 spiro atoms. The van der Waals surface area contributed by atoms with Crippen LogP contribution in [0, 0.1) is 11.3 Å². The highest BCUT2D eigenvalue weighted by Crippen LogP contribution is 2.45. The fourth-order valence-electron chi connectivity index (χ4n) is 4.98. The van der Waals surface area contributed by atoms with Crippen LogP contribution in [0.25, 0.3) is 0 Å². The normalized spacial score (nSPS) is 20.2. The largest absolute Gasteiger partial charge is 0.0996 e. The van der Waals surface area contributed by atoms with Gasteiger partial charge in [0, 0.05) is 0 Å². The van der Waals surface area contributed by atoms with Gasteiger partial charge < -0.3 is 0 Å². The summed E-state index contributed by atoms with van der Waals surface area (Å²) in [5, 5.41) is 0. The smallest absolute Gasteiger partial charge is 0.0152 e. The van der Waals surface area contributed by atoms with Gasteiger partial charge in [-0.1, -0.05) is 79.5 Å². The van der Waals surface area contributed by atoms with Gasteiger partial charge in [-0.2, -0.15) is 0 Å². The molecule has 0 radical (unpaired) electrons. The van der Waals surface area contributed by atoms with Crippen molar-refractivity contribution in [3.63, 3.8) is 0 Å². The van der Waals surface area contributed by atoms with Crippen molar-refractivity contribution >= 4 is 0 Å². The number of unbranched alkanes of at least 4 members (excludes halogenated alkanes) is 1. The van der Waals surface area contributed by atoms with Crippen LogP contribution in [-0.2, 0) is 0 Å². The predicted octanol–water partition coefficient (Wildman–Crippen LogP) is 10.7. The van der Waals surface area contributed by atoms with Crippen molar-refractivity contribution in [3.8, 4) is 0 Å². The van der Waals surface area contributed by atoms with E-state index in [2.05, 4.69) is 79.3 Å². The van der Waals surface area contributed by atoms with Gasteiger partial charge in [0.25, 0.3) is 0 Å². The zero-order chi connectivity index (χ0) is 23.3. The van der Waals surface area contributed by atoms with Gasteiger partial charge in [0.05, 0.1) is 0 Å². The first-order valence-corrected chi connectivity index (χ1v) is 13.0. The molecule has 1 aliphatic carbocycles. The van der Waals surface area contributed by atoms with Crippen molar-refractivity contribution in [2.45, 2.75) is 126 Å². The van der Waals surface area contributed by atoms with E-state index in [0.717, 1.165) is 0 Å². The molecule has 0 amide bonds. The lowest BCUT2D eigenvalue weighted by atomic mass is 9.65. The van der Waals surface area contributed by atoms with Gasteiger partial charge in [0.2, 0.25) is 0 Å². The molecule has 31 heavy (non-hydrogen) atoms. The molecule has 0 aliphatic heterocycles. The lowest BCUT2D eigenvalue weighted by molar-refractivity contribution is 0.180. The molecular formula is C31H52. The van der Waals surface area contributed by atoms with Gasteiger partial charge in [0.1, 0.15) is 0 Å². The van der Waals surface area contributed by atoms with Gasteiger partial charge >= 0.3 is 0 Å². The van der Waals surface area contributed by atoms with Gasteiger partial charge in [-0.25, -0.2) is 0 Å². The fourth-order valence-corrected chi connectivity index (χ4v) is 4.98. The minimum absolute atomic E-state index is 0.437. The first kappa shape index (κ1) is 27.7. The van der Waals surface area contributed by atoms with E-state index >= 15 is 0 Å². The third kappa shape index (κ3) is 11.8. The summed E-state index contributed by atoms with van der Waals surface area (Å²) in [6.45, 7) is 20.6. The molecule has 1 fully saturated rings. The quantitative estimate of drug-likeness (QED) is 0.204. The minimum atomic E-state index is 0.437. The number of hydrogen-bond donors (Lipinski definition) is 0. The Morgan fingerprint density at radius 3 is 2.13 bits per heavy atom. The molecule has 1 atom stereocenters. The maximum Gasteiger partial charge on any atom is -0.0152 e. The SMILES string of the molecule is C=C1CCCC(C)(C)C1CC/C(C)=C/CC/C=C(\CC)CC/C=C(\C)CCC=C(C)C. The molecular weight excluding hydrogens is 372 g/mol. The summed E-state index contributed by atoms with van der Waals surface area (Å²) in [5.41, 5.74) is 8.09. The standard InChI is InChI=1S/C31H52/c1-9-29(21-13-18-26(4)17-12-15-25(2)3)20-11-10-16-27(5)22-23-30-28(6)19-14-24-31(30,7)8/h15-16,18,20,30H,6,9-14,17,19,21-24H2,1-5,7-8H3/b26-18+,27-16+,29-20+. The summed E-state index contributed by atoms with van der Waals surface area (Å²) in [6, 6.07) is 0. The maximum absolute atomic E-state index is 4.40. The Morgan fingerprint density at radius 1 is 0.871 bits per heavy atom. The Morgan fingerprint density at radius 2 is 1.48 bits per heavy atom. The first-order chi connectivity index (χ1) is 14.7. The van der Waals surface area contributed by atoms with Crippen molar-refractivity contribution in [1.29, 1.82) is 0 Å². The molecule has 0 aromatic heterocycles. The van der Waals surface area contributed by atoms with Crippen LogP contribution in [0.2, 0.25) is 0 Å². The van der Waals surface area contributed by atoms with E-state index in [1.807, 2.05) is 0 Å². The third-order valence-electron chi connectivity index (χ3n) is 7.18. The van der Waals surface area contributed by atoms with Crippen LogP contribution in [-0.4, -0.2) is 0 Å². The maximum atomic E-state index is 4.40. The molecule has 0 heteroatoms. The lowest BCUT2D eigenvalue weighted by Gasteiger charge is -2.40. The van der Waals surface area contributed by atoms with E-state index in [0.29, 0.717) is 11.3 Å². The van der Waals surface area contributed by atoms with Crippen molar-refractivity contribution in [1.82, 2.24) is 0 Å². The molecule has 0 bridgehead atoms. The summed E-state index contributed by atoms with van der Waals surface area (Å²) < 4.78 is 0. The summed E-state index contributed by atoms with van der Waals surface area (Å²) >= 11 is 0. The Balaban J connectivity index is 2.37. The van der Waals surface area contributed by atoms with E-state index in [9.17, 15) is 0 Å². The van der Waals surface area contributed by atoms with Crippen LogP contribution < -0.4 is 0 Å². The first-order valence-electron chi connectivity index (χ1n) is 13.0. The Kier molecular flexibility index (Phi) is 13.2. The second-order valence-electron chi connectivity index (χ2n) is 10.8. The average Bonchev–Trinajstić information content (AvgIpc) is 2.68. The van der Waals surface area contributed by atoms with E-state index in [1.54, 1.807) is 11.1 Å². The van der Waals surface area contributed by atoms with Crippen LogP contribution >= 0.6 is 0 Å². The van der Waals surface area contributed by atoms with E-state index in [-0.39, 0.29) is 0 Å². The van der Waals surface area contributed by atoms with E-state index in [1.165, 1.54) is 93.8 Å². The van der Waals surface area contributed by atoms with Crippen LogP contribution in [0.3, 0.4) is 0 Å². The van der Waals surface area contributed by atoms with Crippen molar-refractivity contribution in [2.24, 2.45) is 11.3 Å². The highest BCUT2D eigenvalue weighted by molar-refractivity contribution is 5.11. The van der Waals surface area contributed by atoms with Gasteiger partial charge in [-0.05, 0) is 116 Å². The molecule has 0 saturated heterocycles. The second kappa shape index (κ2) is 14.7. The molecule has 1 saturated carbocycles. The molecule has 0 N–H and O–H groups in total. The van der Waals surface area contributed by atoms with Gasteiger partial charge in [0.15, 0.2) is 0 Å². The lowest BCUT2D eigenvalue weighted by Crippen LogP contribution is -2.29. The van der Waals surface area contributed by atoms with Crippen LogP contribution in [0.5, 0.6) is 0 Å². The van der Waals surface area contributed by atoms with Crippen LogP contribution in [0.1, 0.15) is 126 Å². The molecule has 1 rings (SSSR count). The van der Waals surface area contributed by atoms with Crippen LogP contribution in [0.4, 0.5) is 0 Å². The van der Waals surface area contributed by atoms with Crippen LogP contribution in [0.15, 0.2) is 58.7 Å². The number of rotatable bonds is 13. The molecule has 0 aromatic carbocycles. The molecule has 0 aromatic rings. The Hall–Kier alpha value is -1.30. The van der Waals surface area contributed by atoms with Crippen molar-refractivity contribution in [3.05, 3.63) is 58.7 Å². The second-order valence-corrected chi connectivity index (χ2v) is 10.8. The highest BCUT2D eigenvalue weighted by atomic mass is 14.4. The molecule has 1 aliphatic rings. The third-order valence-corrected chi connectivity index (χ3v) is 7.18. The molecule has 0 heterocycles. The molecule has 0 nitrogen and oxygen atoms in total. The number of hydrogen-bond acceptors (Lipinski definition) is 0. The Bertz CT molecular complexity index is 658. The zero-order valence-electron chi connectivity index (χ0n) is 22.1. The average molecular weight is 425 g/mol. The van der Waals surface area contributed by atoms with Gasteiger partial charge in [-0.15, -0.1) is 0 Å². The monoisotopic (exact) mass is 424 g/mol. The molecule has 1 unspecified atom stereocenters. The zero-order valence-corrected chi connectivity index (χ0v) is 22.1. The predicted molar refractivity (Wildman–Crippen MR) is 143 cm³/mol. The van der Waals surface area contributed by atoms with Gasteiger partial charge in [-0.3, -0.25) is 0 Å². The highest BCUT2D eigenvalue weighted by Gasteiger charge is 2.33. The molecule has 176 valence electrons. The summed E-state index contributed by atoms with van der Waals surface area (Å²) in [4.78, 5) is 0. The minimum Gasteiger partial charge on any atom is -0.0996 e. The summed E-state index contributed by atoms with van der Waals surface area (Å²) in [6.07, 6.45) is 24.6. The fraction of sp³-hybridized carbons (Fsp3) is 0.677. The number of allylic oxidation sites excluding steroid dienone is 9. The van der Waals surface area contributed by atoms with Crippen molar-refractivity contribution in [2.75, 3.05) is 0 Å².